The van der Waals surface area contributed by atoms with Crippen LogP contribution in [0.25, 0.3) is 0 Å². The second-order valence-electron chi connectivity index (χ2n) is 5.22. The van der Waals surface area contributed by atoms with Gasteiger partial charge in [-0.25, -0.2) is 0 Å². The molecule has 0 aliphatic carbocycles. The van der Waals surface area contributed by atoms with E-state index in [9.17, 15) is 4.79 Å². The number of hydrogen-bond acceptors (Lipinski definition) is 4. The molecule has 2 heterocycles. The first-order valence-electron chi connectivity index (χ1n) is 7.20. The zero-order chi connectivity index (χ0) is 13.8. The van der Waals surface area contributed by atoms with Crippen LogP contribution in [0.1, 0.15) is 18.4 Å². The number of amides is 1. The SMILES string of the molecule is O=C(NCc1ccc2c(c1)OCCO2)C1CCNCC1. The number of rotatable bonds is 3. The van der Waals surface area contributed by atoms with Crippen molar-refractivity contribution >= 4 is 5.91 Å². The maximum atomic E-state index is 12.1. The van der Waals surface area contributed by atoms with Crippen molar-refractivity contribution in [2.24, 2.45) is 5.92 Å². The fourth-order valence-electron chi connectivity index (χ4n) is 2.62. The molecule has 5 nitrogen and oxygen atoms in total. The highest BCUT2D eigenvalue weighted by Crippen LogP contribution is 2.30. The second kappa shape index (κ2) is 6.13. The van der Waals surface area contributed by atoms with Crippen molar-refractivity contribution in [3.63, 3.8) is 0 Å². The predicted octanol–water partition coefficient (Wildman–Crippen LogP) is 1.07. The molecule has 0 unspecified atom stereocenters. The lowest BCUT2D eigenvalue weighted by Gasteiger charge is -2.22. The molecule has 0 bridgehead atoms. The summed E-state index contributed by atoms with van der Waals surface area (Å²) < 4.78 is 11.0. The number of carbonyl (C=O) groups is 1. The van der Waals surface area contributed by atoms with Gasteiger partial charge in [-0.05, 0) is 43.6 Å². The van der Waals surface area contributed by atoms with Crippen molar-refractivity contribution < 1.29 is 14.3 Å². The fraction of sp³-hybridized carbons (Fsp3) is 0.533. The van der Waals surface area contributed by atoms with E-state index in [2.05, 4.69) is 10.6 Å². The third-order valence-corrected chi connectivity index (χ3v) is 3.78. The minimum Gasteiger partial charge on any atom is -0.486 e. The topological polar surface area (TPSA) is 59.6 Å². The summed E-state index contributed by atoms with van der Waals surface area (Å²) in [4.78, 5) is 12.1. The first-order chi connectivity index (χ1) is 9.83. The van der Waals surface area contributed by atoms with Crippen LogP contribution in [0.5, 0.6) is 11.5 Å². The minimum atomic E-state index is 0.147. The average Bonchev–Trinajstić information content (AvgIpc) is 2.53. The summed E-state index contributed by atoms with van der Waals surface area (Å²) in [7, 11) is 0. The summed E-state index contributed by atoms with van der Waals surface area (Å²) in [5, 5.41) is 6.28. The van der Waals surface area contributed by atoms with Gasteiger partial charge in [0.1, 0.15) is 13.2 Å². The molecular weight excluding hydrogens is 256 g/mol. The molecule has 108 valence electrons. The number of ether oxygens (including phenoxy) is 2. The fourth-order valence-corrected chi connectivity index (χ4v) is 2.62. The van der Waals surface area contributed by atoms with Gasteiger partial charge in [-0.1, -0.05) is 6.07 Å². The van der Waals surface area contributed by atoms with E-state index >= 15 is 0 Å². The first-order valence-corrected chi connectivity index (χ1v) is 7.20. The summed E-state index contributed by atoms with van der Waals surface area (Å²) in [5.74, 6) is 1.85. The number of benzene rings is 1. The molecule has 5 heteroatoms. The minimum absolute atomic E-state index is 0.147. The van der Waals surface area contributed by atoms with E-state index in [4.69, 9.17) is 9.47 Å². The van der Waals surface area contributed by atoms with Crippen molar-refractivity contribution in [1.82, 2.24) is 10.6 Å². The van der Waals surface area contributed by atoms with Gasteiger partial charge in [0.05, 0.1) is 0 Å². The molecule has 2 N–H and O–H groups in total. The molecule has 0 atom stereocenters. The van der Waals surface area contributed by atoms with Gasteiger partial charge in [0.2, 0.25) is 5.91 Å². The van der Waals surface area contributed by atoms with Gasteiger partial charge in [0.15, 0.2) is 11.5 Å². The van der Waals surface area contributed by atoms with E-state index in [1.165, 1.54) is 0 Å². The highest BCUT2D eigenvalue weighted by molar-refractivity contribution is 5.78. The summed E-state index contributed by atoms with van der Waals surface area (Å²) in [6, 6.07) is 5.81. The van der Waals surface area contributed by atoms with Crippen LogP contribution in [0.2, 0.25) is 0 Å². The summed E-state index contributed by atoms with van der Waals surface area (Å²) in [6.07, 6.45) is 1.85. The van der Waals surface area contributed by atoms with Gasteiger partial charge < -0.3 is 20.1 Å². The zero-order valence-electron chi connectivity index (χ0n) is 11.5. The van der Waals surface area contributed by atoms with Gasteiger partial charge >= 0.3 is 0 Å². The smallest absolute Gasteiger partial charge is 0.223 e. The van der Waals surface area contributed by atoms with E-state index in [0.29, 0.717) is 19.8 Å². The number of hydrogen-bond donors (Lipinski definition) is 2. The molecule has 1 amide bonds. The number of nitrogens with one attached hydrogen (secondary N) is 2. The summed E-state index contributed by atoms with van der Waals surface area (Å²) in [5.41, 5.74) is 1.04. The molecule has 0 radical (unpaired) electrons. The van der Waals surface area contributed by atoms with Crippen molar-refractivity contribution in [1.29, 1.82) is 0 Å². The van der Waals surface area contributed by atoms with Crippen LogP contribution >= 0.6 is 0 Å². The van der Waals surface area contributed by atoms with Crippen LogP contribution in [-0.2, 0) is 11.3 Å². The molecule has 0 aromatic heterocycles. The highest BCUT2D eigenvalue weighted by atomic mass is 16.6. The van der Waals surface area contributed by atoms with Crippen molar-refractivity contribution in [2.45, 2.75) is 19.4 Å². The second-order valence-corrected chi connectivity index (χ2v) is 5.22. The Bertz CT molecular complexity index is 484. The molecule has 0 spiro atoms. The average molecular weight is 276 g/mol. The number of piperidine rings is 1. The van der Waals surface area contributed by atoms with Crippen LogP contribution in [0, 0.1) is 5.92 Å². The largest absolute Gasteiger partial charge is 0.486 e. The van der Waals surface area contributed by atoms with Crippen LogP contribution < -0.4 is 20.1 Å². The summed E-state index contributed by atoms with van der Waals surface area (Å²) >= 11 is 0. The first kappa shape index (κ1) is 13.2. The molecule has 0 saturated carbocycles. The third kappa shape index (κ3) is 3.04. The summed E-state index contributed by atoms with van der Waals surface area (Å²) in [6.45, 7) is 3.58. The molecule has 1 fully saturated rings. The van der Waals surface area contributed by atoms with E-state index in [1.54, 1.807) is 0 Å². The van der Waals surface area contributed by atoms with Crippen LogP contribution in [0.4, 0.5) is 0 Å². The van der Waals surface area contributed by atoms with E-state index in [1.807, 2.05) is 18.2 Å². The molecule has 1 aromatic rings. The van der Waals surface area contributed by atoms with Crippen LogP contribution in [0.15, 0.2) is 18.2 Å². The zero-order valence-corrected chi connectivity index (χ0v) is 11.5. The molecule has 2 aliphatic rings. The van der Waals surface area contributed by atoms with Gasteiger partial charge in [-0.2, -0.15) is 0 Å². The Kier molecular flexibility index (Phi) is 4.06. The van der Waals surface area contributed by atoms with Crippen molar-refractivity contribution in [3.8, 4) is 11.5 Å². The van der Waals surface area contributed by atoms with Crippen molar-refractivity contribution in [2.75, 3.05) is 26.3 Å². The molecular formula is C15H20N2O3. The lowest BCUT2D eigenvalue weighted by Crippen LogP contribution is -2.37. The number of carbonyl (C=O) groups excluding carboxylic acids is 1. The number of fused-ring (bicyclic) bond motifs is 1. The molecule has 1 saturated heterocycles. The Labute approximate surface area is 118 Å². The Hall–Kier alpha value is -1.75. The normalized spacial score (nSPS) is 18.6. The lowest BCUT2D eigenvalue weighted by atomic mass is 9.97. The van der Waals surface area contributed by atoms with Crippen LogP contribution in [-0.4, -0.2) is 32.2 Å². The molecule has 20 heavy (non-hydrogen) atoms. The van der Waals surface area contributed by atoms with Gasteiger partial charge in [0.25, 0.3) is 0 Å². The molecule has 3 rings (SSSR count). The third-order valence-electron chi connectivity index (χ3n) is 3.78. The Morgan fingerprint density at radius 3 is 2.75 bits per heavy atom. The predicted molar refractivity (Wildman–Crippen MR) is 74.9 cm³/mol. The van der Waals surface area contributed by atoms with Crippen LogP contribution in [0.3, 0.4) is 0 Å². The Morgan fingerprint density at radius 2 is 1.95 bits per heavy atom. The molecule has 2 aliphatic heterocycles. The lowest BCUT2D eigenvalue weighted by molar-refractivity contribution is -0.125. The van der Waals surface area contributed by atoms with E-state index in [0.717, 1.165) is 43.0 Å². The Morgan fingerprint density at radius 1 is 1.20 bits per heavy atom. The van der Waals surface area contributed by atoms with Crippen molar-refractivity contribution in [3.05, 3.63) is 23.8 Å². The van der Waals surface area contributed by atoms with Gasteiger partial charge in [-0.15, -0.1) is 0 Å². The maximum absolute atomic E-state index is 12.1. The standard InChI is InChI=1S/C15H20N2O3/c18-15(12-3-5-16-6-4-12)17-10-11-1-2-13-14(9-11)20-8-7-19-13/h1-2,9,12,16H,3-8,10H2,(H,17,18). The monoisotopic (exact) mass is 276 g/mol. The highest BCUT2D eigenvalue weighted by Gasteiger charge is 2.20. The van der Waals surface area contributed by atoms with E-state index < -0.39 is 0 Å². The van der Waals surface area contributed by atoms with E-state index in [-0.39, 0.29) is 11.8 Å². The Balaban J connectivity index is 1.56. The quantitative estimate of drug-likeness (QED) is 0.867. The van der Waals surface area contributed by atoms with Gasteiger partial charge in [-0.3, -0.25) is 4.79 Å². The van der Waals surface area contributed by atoms with Gasteiger partial charge in [0, 0.05) is 12.5 Å². The maximum Gasteiger partial charge on any atom is 0.223 e. The molecule has 1 aromatic carbocycles.